The largest absolute Gasteiger partial charge is 0.493 e. The Kier molecular flexibility index (Phi) is 10.9. The molecule has 0 fully saturated rings. The molecule has 0 radical (unpaired) electrons. The third kappa shape index (κ3) is 7.55. The minimum atomic E-state index is -0.842. The number of hydrogen-bond acceptors (Lipinski definition) is 11. The lowest BCUT2D eigenvalue weighted by Crippen LogP contribution is -2.40. The lowest BCUT2D eigenvalue weighted by atomic mass is 9.95. The Labute approximate surface area is 294 Å². The van der Waals surface area contributed by atoms with Crippen molar-refractivity contribution in [1.82, 2.24) is 4.57 Å². The number of carbonyl (C=O) groups excluding carboxylic acids is 1. The highest BCUT2D eigenvalue weighted by atomic mass is 79.9. The first-order chi connectivity index (χ1) is 23.4. The van der Waals surface area contributed by atoms with Crippen LogP contribution in [0.2, 0.25) is 0 Å². The topological polar surface area (TPSA) is 141 Å². The molecular weight excluding hydrogens is 718 g/mol. The average Bonchev–Trinajstić information content (AvgIpc) is 3.36. The van der Waals surface area contributed by atoms with Crippen LogP contribution in [0, 0.1) is 10.1 Å². The highest BCUT2D eigenvalue weighted by Crippen LogP contribution is 2.38. The monoisotopic (exact) mass is 751 g/mol. The van der Waals surface area contributed by atoms with Crippen LogP contribution in [-0.4, -0.2) is 42.4 Å². The van der Waals surface area contributed by atoms with E-state index in [1.807, 2.05) is 13.8 Å². The quantitative estimate of drug-likeness (QED) is 0.0990. The number of nitrogens with zero attached hydrogens (tertiary/aromatic N) is 3. The number of allylic oxidation sites excluding steroid dienone is 1. The molecule has 256 valence electrons. The van der Waals surface area contributed by atoms with Crippen LogP contribution in [0.3, 0.4) is 0 Å². The molecule has 3 aromatic carbocycles. The predicted octanol–water partition coefficient (Wildman–Crippen LogP) is 5.85. The number of hydrogen-bond donors (Lipinski definition) is 0. The molecule has 1 aliphatic heterocycles. The van der Waals surface area contributed by atoms with Gasteiger partial charge in [0.2, 0.25) is 0 Å². The van der Waals surface area contributed by atoms with Gasteiger partial charge in [-0.1, -0.05) is 29.5 Å². The highest BCUT2D eigenvalue weighted by Gasteiger charge is 2.34. The molecule has 1 aliphatic rings. The summed E-state index contributed by atoms with van der Waals surface area (Å²) in [6, 6.07) is 14.1. The number of fused-ring (bicyclic) bond motifs is 1. The fourth-order valence-electron chi connectivity index (χ4n) is 5.34. The van der Waals surface area contributed by atoms with Crippen LogP contribution in [-0.2, 0) is 16.1 Å². The molecule has 2 heterocycles. The van der Waals surface area contributed by atoms with Crippen molar-refractivity contribution in [3.63, 3.8) is 0 Å². The standard InChI is InChI=1S/C35H34BrN3O9S/c1-7-46-34(41)30-20(4)37-35-38(31(30)23-11-12-26(48-19(2)3)27(17-23)44-5)33(40)29(49-35)16-22-14-25(36)32(28(15-22)45-6)47-18-21-9-8-10-24(13-21)39(42)43/h8-17,19,31H,7,18H2,1-6H3/b29-16-/t31-/m0/s1. The van der Waals surface area contributed by atoms with Crippen LogP contribution < -0.4 is 33.8 Å². The minimum absolute atomic E-state index is 0.0351. The van der Waals surface area contributed by atoms with Gasteiger partial charge in [0.15, 0.2) is 27.8 Å². The average molecular weight is 753 g/mol. The van der Waals surface area contributed by atoms with Crippen molar-refractivity contribution >= 4 is 45.0 Å². The molecule has 0 spiro atoms. The number of carbonyl (C=O) groups is 1. The number of benzene rings is 3. The molecule has 49 heavy (non-hydrogen) atoms. The molecule has 12 nitrogen and oxygen atoms in total. The Morgan fingerprint density at radius 3 is 2.53 bits per heavy atom. The van der Waals surface area contributed by atoms with Gasteiger partial charge in [-0.15, -0.1) is 0 Å². The summed E-state index contributed by atoms with van der Waals surface area (Å²) in [6.07, 6.45) is 1.61. The van der Waals surface area contributed by atoms with E-state index >= 15 is 0 Å². The van der Waals surface area contributed by atoms with Crippen molar-refractivity contribution in [2.75, 3.05) is 20.8 Å². The second-order valence-electron chi connectivity index (χ2n) is 11.1. The second kappa shape index (κ2) is 15.1. The van der Waals surface area contributed by atoms with Crippen molar-refractivity contribution in [2.24, 2.45) is 4.99 Å². The molecule has 4 aromatic rings. The lowest BCUT2D eigenvalue weighted by Gasteiger charge is -2.25. The van der Waals surface area contributed by atoms with Gasteiger partial charge in [0.05, 0.1) is 58.2 Å². The number of non-ortho nitro benzene ring substituents is 1. The molecule has 0 bridgehead atoms. The third-order valence-electron chi connectivity index (χ3n) is 7.44. The molecule has 1 atom stereocenters. The smallest absolute Gasteiger partial charge is 0.338 e. The van der Waals surface area contributed by atoms with E-state index in [2.05, 4.69) is 20.9 Å². The molecule has 0 aliphatic carbocycles. The molecule has 0 unspecified atom stereocenters. The zero-order valence-electron chi connectivity index (χ0n) is 27.6. The summed E-state index contributed by atoms with van der Waals surface area (Å²) in [5.74, 6) is 1.19. The molecular formula is C35H34BrN3O9S. The summed E-state index contributed by atoms with van der Waals surface area (Å²) in [7, 11) is 3.02. The molecule has 0 saturated carbocycles. The van der Waals surface area contributed by atoms with E-state index in [-0.39, 0.29) is 36.1 Å². The fraction of sp³-hybridized carbons (Fsp3) is 0.286. The maximum absolute atomic E-state index is 14.2. The van der Waals surface area contributed by atoms with Gasteiger partial charge in [-0.2, -0.15) is 0 Å². The molecule has 14 heteroatoms. The number of thiazole rings is 1. The third-order valence-corrected chi connectivity index (χ3v) is 9.01. The number of esters is 1. The van der Waals surface area contributed by atoms with Crippen LogP contribution in [0.4, 0.5) is 5.69 Å². The van der Waals surface area contributed by atoms with Crippen LogP contribution in [0.25, 0.3) is 6.08 Å². The highest BCUT2D eigenvalue weighted by molar-refractivity contribution is 9.10. The molecule has 0 amide bonds. The van der Waals surface area contributed by atoms with Crippen LogP contribution >= 0.6 is 27.3 Å². The van der Waals surface area contributed by atoms with Gasteiger partial charge in [-0.05, 0) is 90.7 Å². The molecule has 1 aromatic heterocycles. The Morgan fingerprint density at radius 1 is 1.10 bits per heavy atom. The molecule has 5 rings (SSSR count). The van der Waals surface area contributed by atoms with E-state index in [4.69, 9.17) is 23.7 Å². The predicted molar refractivity (Wildman–Crippen MR) is 187 cm³/mol. The number of nitro benzene ring substituents is 1. The van der Waals surface area contributed by atoms with E-state index in [0.717, 1.165) is 0 Å². The van der Waals surface area contributed by atoms with E-state index in [1.54, 1.807) is 62.4 Å². The van der Waals surface area contributed by atoms with E-state index in [9.17, 15) is 19.7 Å². The first kappa shape index (κ1) is 35.4. The van der Waals surface area contributed by atoms with Gasteiger partial charge in [0.1, 0.15) is 6.61 Å². The van der Waals surface area contributed by atoms with Gasteiger partial charge in [-0.3, -0.25) is 19.5 Å². The van der Waals surface area contributed by atoms with Crippen molar-refractivity contribution in [2.45, 2.75) is 46.4 Å². The maximum Gasteiger partial charge on any atom is 0.338 e. The summed E-state index contributed by atoms with van der Waals surface area (Å²) in [4.78, 5) is 43.3. The van der Waals surface area contributed by atoms with Gasteiger partial charge >= 0.3 is 5.97 Å². The number of methoxy groups -OCH3 is 2. The molecule has 0 saturated heterocycles. The first-order valence-corrected chi connectivity index (χ1v) is 16.8. The maximum atomic E-state index is 14.2. The first-order valence-electron chi connectivity index (χ1n) is 15.2. The van der Waals surface area contributed by atoms with Crippen LogP contribution in [0.15, 0.2) is 80.1 Å². The zero-order valence-corrected chi connectivity index (χ0v) is 30.0. The lowest BCUT2D eigenvalue weighted by molar-refractivity contribution is -0.384. The summed E-state index contributed by atoms with van der Waals surface area (Å²) in [5.41, 5.74) is 2.15. The van der Waals surface area contributed by atoms with Gasteiger partial charge in [0.25, 0.3) is 11.2 Å². The summed E-state index contributed by atoms with van der Waals surface area (Å²) >= 11 is 4.73. The summed E-state index contributed by atoms with van der Waals surface area (Å²) in [5, 5.41) is 11.2. The van der Waals surface area contributed by atoms with Crippen LogP contribution in [0.5, 0.6) is 23.0 Å². The number of ether oxygens (including phenoxy) is 5. The summed E-state index contributed by atoms with van der Waals surface area (Å²) in [6.45, 7) is 7.47. The van der Waals surface area contributed by atoms with E-state index in [1.165, 1.54) is 42.3 Å². The Balaban J connectivity index is 1.57. The number of nitro groups is 1. The summed E-state index contributed by atoms with van der Waals surface area (Å²) < 4.78 is 31.0. The Morgan fingerprint density at radius 2 is 1.86 bits per heavy atom. The number of rotatable bonds is 12. The Hall–Kier alpha value is -4.95. The van der Waals surface area contributed by atoms with Crippen molar-refractivity contribution < 1.29 is 33.4 Å². The minimum Gasteiger partial charge on any atom is -0.493 e. The fourth-order valence-corrected chi connectivity index (χ4v) is 6.96. The van der Waals surface area contributed by atoms with Crippen molar-refractivity contribution in [3.05, 3.63) is 117 Å². The normalized spacial score (nSPS) is 14.3. The van der Waals surface area contributed by atoms with Gasteiger partial charge < -0.3 is 23.7 Å². The zero-order chi connectivity index (χ0) is 35.4. The number of aromatic nitrogens is 1. The SMILES string of the molecule is CCOC(=O)C1=C(C)N=c2s/c(=C\c3cc(Br)c(OCc4cccc([N+](=O)[O-])c4)c(OC)c3)c(=O)n2[C@H]1c1ccc(OC(C)C)c(OC)c1. The number of halogens is 1. The Bertz CT molecular complexity index is 2140. The van der Waals surface area contributed by atoms with Crippen molar-refractivity contribution in [3.8, 4) is 23.0 Å². The molecule has 0 N–H and O–H groups in total. The van der Waals surface area contributed by atoms with E-state index in [0.29, 0.717) is 59.2 Å². The second-order valence-corrected chi connectivity index (χ2v) is 13.0. The van der Waals surface area contributed by atoms with Crippen molar-refractivity contribution in [1.29, 1.82) is 0 Å². The van der Waals surface area contributed by atoms with Gasteiger partial charge in [0, 0.05) is 12.1 Å². The van der Waals surface area contributed by atoms with E-state index < -0.39 is 16.9 Å². The van der Waals surface area contributed by atoms with Gasteiger partial charge in [-0.25, -0.2) is 9.79 Å². The van der Waals surface area contributed by atoms with Crippen LogP contribution in [0.1, 0.15) is 50.4 Å².